The highest BCUT2D eigenvalue weighted by atomic mass is 35.5. The Hall–Kier alpha value is -1.49. The second-order valence-corrected chi connectivity index (χ2v) is 2.74. The molecule has 2 aromatic heterocycles. The Kier molecular flexibility index (Phi) is 1.94. The fourth-order valence-corrected chi connectivity index (χ4v) is 0.998. The van der Waals surface area contributed by atoms with Gasteiger partial charge in [-0.2, -0.15) is 0 Å². The van der Waals surface area contributed by atoms with Crippen LogP contribution in [0.2, 0.25) is 5.15 Å². The molecule has 0 saturated carbocycles. The van der Waals surface area contributed by atoms with Gasteiger partial charge >= 0.3 is 0 Å². The largest absolute Gasteiger partial charge is 0.420 e. The van der Waals surface area contributed by atoms with Crippen molar-refractivity contribution in [3.63, 3.8) is 0 Å². The molecular formula is C7H5ClN4O. The standard InChI is InChI=1S/C7H5ClN4O/c1-4-11-12-7(13-4)5-2-6(8)10-3-9-5/h2-3H,1H3. The molecule has 0 N–H and O–H groups in total. The van der Waals surface area contributed by atoms with E-state index in [4.69, 9.17) is 16.0 Å². The molecule has 0 spiro atoms. The summed E-state index contributed by atoms with van der Waals surface area (Å²) in [5.74, 6) is 0.839. The van der Waals surface area contributed by atoms with E-state index in [1.165, 1.54) is 6.33 Å². The van der Waals surface area contributed by atoms with Gasteiger partial charge in [0.05, 0.1) is 0 Å². The molecule has 13 heavy (non-hydrogen) atoms. The smallest absolute Gasteiger partial charge is 0.266 e. The van der Waals surface area contributed by atoms with Crippen molar-refractivity contribution in [3.8, 4) is 11.6 Å². The lowest BCUT2D eigenvalue weighted by molar-refractivity contribution is 0.531. The predicted molar refractivity (Wildman–Crippen MR) is 45.1 cm³/mol. The highest BCUT2D eigenvalue weighted by Gasteiger charge is 2.07. The van der Waals surface area contributed by atoms with Crippen LogP contribution < -0.4 is 0 Å². The van der Waals surface area contributed by atoms with E-state index in [2.05, 4.69) is 20.2 Å². The SMILES string of the molecule is Cc1nnc(-c2cc(Cl)ncn2)o1. The predicted octanol–water partition coefficient (Wildman–Crippen LogP) is 1.49. The third-order valence-electron chi connectivity index (χ3n) is 1.38. The maximum absolute atomic E-state index is 5.66. The van der Waals surface area contributed by atoms with Crippen molar-refractivity contribution in [1.82, 2.24) is 20.2 Å². The van der Waals surface area contributed by atoms with Crippen LogP contribution in [-0.4, -0.2) is 20.2 Å². The normalized spacial score (nSPS) is 10.3. The Balaban J connectivity index is 2.46. The average Bonchev–Trinajstić information content (AvgIpc) is 2.52. The van der Waals surface area contributed by atoms with Crippen LogP contribution in [-0.2, 0) is 0 Å². The minimum atomic E-state index is 0.348. The van der Waals surface area contributed by atoms with E-state index in [0.717, 1.165) is 0 Å². The number of hydrogen-bond acceptors (Lipinski definition) is 5. The van der Waals surface area contributed by atoms with Crippen molar-refractivity contribution in [3.05, 3.63) is 23.4 Å². The topological polar surface area (TPSA) is 64.7 Å². The van der Waals surface area contributed by atoms with Crippen molar-refractivity contribution in [2.75, 3.05) is 0 Å². The summed E-state index contributed by atoms with van der Waals surface area (Å²) in [4.78, 5) is 7.67. The van der Waals surface area contributed by atoms with E-state index in [1.54, 1.807) is 13.0 Å². The summed E-state index contributed by atoms with van der Waals surface area (Å²) in [5.41, 5.74) is 0.528. The van der Waals surface area contributed by atoms with Crippen molar-refractivity contribution >= 4 is 11.6 Å². The zero-order valence-corrected chi connectivity index (χ0v) is 7.49. The van der Waals surface area contributed by atoms with Gasteiger partial charge in [-0.3, -0.25) is 0 Å². The van der Waals surface area contributed by atoms with E-state index < -0.39 is 0 Å². The maximum atomic E-state index is 5.66. The molecule has 0 bridgehead atoms. The molecule has 0 aliphatic rings. The van der Waals surface area contributed by atoms with Crippen molar-refractivity contribution in [1.29, 1.82) is 0 Å². The van der Waals surface area contributed by atoms with Crippen LogP contribution in [0.15, 0.2) is 16.8 Å². The molecule has 2 rings (SSSR count). The van der Waals surface area contributed by atoms with Gasteiger partial charge in [-0.25, -0.2) is 9.97 Å². The zero-order chi connectivity index (χ0) is 9.26. The number of aromatic nitrogens is 4. The fourth-order valence-electron chi connectivity index (χ4n) is 0.851. The summed E-state index contributed by atoms with van der Waals surface area (Å²) < 4.78 is 5.15. The quantitative estimate of drug-likeness (QED) is 0.647. The van der Waals surface area contributed by atoms with Gasteiger partial charge in [0, 0.05) is 13.0 Å². The molecule has 0 aromatic carbocycles. The Labute approximate surface area is 78.8 Å². The number of halogens is 1. The van der Waals surface area contributed by atoms with E-state index >= 15 is 0 Å². The number of hydrogen-bond donors (Lipinski definition) is 0. The molecule has 0 aliphatic carbocycles. The molecule has 0 fully saturated rings. The molecule has 0 atom stereocenters. The summed E-state index contributed by atoms with van der Waals surface area (Å²) >= 11 is 5.66. The monoisotopic (exact) mass is 196 g/mol. The van der Waals surface area contributed by atoms with Crippen LogP contribution in [0.25, 0.3) is 11.6 Å². The molecule has 5 nitrogen and oxygen atoms in total. The van der Waals surface area contributed by atoms with Gasteiger partial charge in [0.15, 0.2) is 0 Å². The summed E-state index contributed by atoms with van der Waals surface area (Å²) in [7, 11) is 0. The first-order valence-electron chi connectivity index (χ1n) is 3.54. The first-order valence-corrected chi connectivity index (χ1v) is 3.91. The van der Waals surface area contributed by atoms with E-state index in [1.807, 2.05) is 0 Å². The summed E-state index contributed by atoms with van der Waals surface area (Å²) in [6.07, 6.45) is 1.34. The molecule has 2 heterocycles. The molecule has 0 radical (unpaired) electrons. The third-order valence-corrected chi connectivity index (χ3v) is 1.59. The average molecular weight is 197 g/mol. The molecule has 6 heteroatoms. The van der Waals surface area contributed by atoms with Crippen molar-refractivity contribution in [2.45, 2.75) is 6.92 Å². The molecule has 0 saturated heterocycles. The summed E-state index contributed by atoms with van der Waals surface area (Å²) in [6, 6.07) is 1.56. The van der Waals surface area contributed by atoms with Gasteiger partial charge in [0.1, 0.15) is 17.2 Å². The lowest BCUT2D eigenvalue weighted by Gasteiger charge is -1.92. The molecule has 66 valence electrons. The Bertz CT molecular complexity index is 428. The molecular weight excluding hydrogens is 192 g/mol. The van der Waals surface area contributed by atoms with E-state index in [-0.39, 0.29) is 0 Å². The third kappa shape index (κ3) is 1.65. The van der Waals surface area contributed by atoms with Crippen molar-refractivity contribution in [2.24, 2.45) is 0 Å². The summed E-state index contributed by atoms with van der Waals surface area (Å²) in [6.45, 7) is 1.71. The lowest BCUT2D eigenvalue weighted by Crippen LogP contribution is -1.85. The fraction of sp³-hybridized carbons (Fsp3) is 0.143. The molecule has 0 unspecified atom stereocenters. The van der Waals surface area contributed by atoms with Gasteiger partial charge in [0.2, 0.25) is 5.89 Å². The molecule has 0 amide bonds. The molecule has 2 aromatic rings. The minimum Gasteiger partial charge on any atom is -0.420 e. The van der Waals surface area contributed by atoms with E-state index in [0.29, 0.717) is 22.6 Å². The number of rotatable bonds is 1. The Morgan fingerprint density at radius 2 is 2.15 bits per heavy atom. The van der Waals surface area contributed by atoms with Gasteiger partial charge in [-0.15, -0.1) is 10.2 Å². The van der Waals surface area contributed by atoms with Crippen LogP contribution in [0.4, 0.5) is 0 Å². The maximum Gasteiger partial charge on any atom is 0.266 e. The summed E-state index contributed by atoms with van der Waals surface area (Å²) in [5, 5.41) is 7.81. The van der Waals surface area contributed by atoms with Crippen molar-refractivity contribution < 1.29 is 4.42 Å². The zero-order valence-electron chi connectivity index (χ0n) is 6.73. The number of nitrogens with zero attached hydrogens (tertiary/aromatic N) is 4. The Morgan fingerprint density at radius 1 is 1.31 bits per heavy atom. The van der Waals surface area contributed by atoms with Crippen LogP contribution >= 0.6 is 11.6 Å². The van der Waals surface area contributed by atoms with Crippen LogP contribution in [0.1, 0.15) is 5.89 Å². The second-order valence-electron chi connectivity index (χ2n) is 2.35. The second kappa shape index (κ2) is 3.10. The number of aryl methyl sites for hydroxylation is 1. The van der Waals surface area contributed by atoms with E-state index in [9.17, 15) is 0 Å². The molecule has 0 aliphatic heterocycles. The highest BCUT2D eigenvalue weighted by Crippen LogP contribution is 2.16. The van der Waals surface area contributed by atoms with Gasteiger partial charge < -0.3 is 4.42 Å². The Morgan fingerprint density at radius 3 is 2.77 bits per heavy atom. The van der Waals surface area contributed by atoms with Crippen LogP contribution in [0.3, 0.4) is 0 Å². The minimum absolute atomic E-state index is 0.348. The van der Waals surface area contributed by atoms with Gasteiger partial charge in [0.25, 0.3) is 5.89 Å². The first kappa shape index (κ1) is 8.12. The van der Waals surface area contributed by atoms with Crippen LogP contribution in [0, 0.1) is 6.92 Å². The lowest BCUT2D eigenvalue weighted by atomic mass is 10.4. The highest BCUT2D eigenvalue weighted by molar-refractivity contribution is 6.29. The van der Waals surface area contributed by atoms with Crippen LogP contribution in [0.5, 0.6) is 0 Å². The van der Waals surface area contributed by atoms with Gasteiger partial charge in [-0.1, -0.05) is 11.6 Å². The van der Waals surface area contributed by atoms with Gasteiger partial charge in [-0.05, 0) is 0 Å². The first-order chi connectivity index (χ1) is 6.25.